The SMILES string of the molecule is C=CCNC(=NCC(=O)N(C)C)N1CCN(CC)C(=O)C1.I. The number of carbonyl (C=O) groups excluding carboxylic acids is 2. The Labute approximate surface area is 149 Å². The van der Waals surface area contributed by atoms with E-state index in [0.717, 1.165) is 6.54 Å². The zero-order valence-electron chi connectivity index (χ0n) is 13.5. The molecule has 8 heteroatoms. The standard InChI is InChI=1S/C14H25N5O2.HI/c1-5-7-15-14(16-10-12(20)17(3)4)19-9-8-18(6-2)13(21)11-19;/h5H,1,6-11H2,2-4H3,(H,15,16);1H. The van der Waals surface area contributed by atoms with Crippen LogP contribution in [0.4, 0.5) is 0 Å². The van der Waals surface area contributed by atoms with Crippen LogP contribution in [0.3, 0.4) is 0 Å². The van der Waals surface area contributed by atoms with Gasteiger partial charge in [-0.1, -0.05) is 6.08 Å². The van der Waals surface area contributed by atoms with Crippen LogP contribution in [0.15, 0.2) is 17.6 Å². The average molecular weight is 423 g/mol. The molecule has 0 bridgehead atoms. The summed E-state index contributed by atoms with van der Waals surface area (Å²) in [6, 6.07) is 0. The van der Waals surface area contributed by atoms with Crippen molar-refractivity contribution < 1.29 is 9.59 Å². The normalized spacial score (nSPS) is 15.2. The Morgan fingerprint density at radius 1 is 1.45 bits per heavy atom. The highest BCUT2D eigenvalue weighted by atomic mass is 127. The van der Waals surface area contributed by atoms with Crippen LogP contribution >= 0.6 is 24.0 Å². The summed E-state index contributed by atoms with van der Waals surface area (Å²) in [6.07, 6.45) is 1.72. The predicted octanol–water partition coefficient (Wildman–Crippen LogP) is -0.0117. The van der Waals surface area contributed by atoms with Gasteiger partial charge in [-0.05, 0) is 6.92 Å². The highest BCUT2D eigenvalue weighted by Gasteiger charge is 2.24. The summed E-state index contributed by atoms with van der Waals surface area (Å²) in [5.74, 6) is 0.580. The molecule has 0 aromatic heterocycles. The molecule has 1 saturated heterocycles. The first-order valence-corrected chi connectivity index (χ1v) is 7.11. The monoisotopic (exact) mass is 423 g/mol. The molecule has 2 amide bonds. The topological polar surface area (TPSA) is 68.2 Å². The van der Waals surface area contributed by atoms with Crippen LogP contribution in [0.5, 0.6) is 0 Å². The molecule has 0 atom stereocenters. The van der Waals surface area contributed by atoms with Crippen molar-refractivity contribution in [2.45, 2.75) is 6.92 Å². The summed E-state index contributed by atoms with van der Waals surface area (Å²) in [6.45, 7) is 8.61. The molecule has 0 aromatic rings. The number of rotatable bonds is 5. The third-order valence-corrected chi connectivity index (χ3v) is 3.27. The quantitative estimate of drug-likeness (QED) is 0.292. The Kier molecular flexibility index (Phi) is 9.79. The first-order chi connectivity index (χ1) is 9.99. The lowest BCUT2D eigenvalue weighted by Gasteiger charge is -2.35. The van der Waals surface area contributed by atoms with Gasteiger partial charge in [0.05, 0.1) is 6.54 Å². The van der Waals surface area contributed by atoms with E-state index >= 15 is 0 Å². The molecule has 0 aliphatic carbocycles. The van der Waals surface area contributed by atoms with Crippen LogP contribution in [-0.4, -0.2) is 85.8 Å². The third kappa shape index (κ3) is 6.20. The Bertz CT molecular complexity index is 425. The fraction of sp³-hybridized carbons (Fsp3) is 0.643. The van der Waals surface area contributed by atoms with Gasteiger partial charge in [-0.25, -0.2) is 4.99 Å². The van der Waals surface area contributed by atoms with Gasteiger partial charge in [0.25, 0.3) is 0 Å². The Hall–Kier alpha value is -1.32. The number of halogens is 1. The van der Waals surface area contributed by atoms with E-state index in [9.17, 15) is 9.59 Å². The lowest BCUT2D eigenvalue weighted by molar-refractivity contribution is -0.134. The van der Waals surface area contributed by atoms with Gasteiger partial charge in [0.1, 0.15) is 6.54 Å². The molecule has 0 saturated carbocycles. The van der Waals surface area contributed by atoms with E-state index in [2.05, 4.69) is 16.9 Å². The smallest absolute Gasteiger partial charge is 0.243 e. The van der Waals surface area contributed by atoms with E-state index < -0.39 is 0 Å². The van der Waals surface area contributed by atoms with Gasteiger partial charge >= 0.3 is 0 Å². The van der Waals surface area contributed by atoms with E-state index in [1.807, 2.05) is 16.7 Å². The van der Waals surface area contributed by atoms with Gasteiger partial charge < -0.3 is 20.0 Å². The lowest BCUT2D eigenvalue weighted by atomic mass is 10.3. The van der Waals surface area contributed by atoms with Crippen LogP contribution in [0, 0.1) is 0 Å². The Morgan fingerprint density at radius 3 is 2.64 bits per heavy atom. The molecule has 0 unspecified atom stereocenters. The van der Waals surface area contributed by atoms with Crippen LogP contribution < -0.4 is 5.32 Å². The molecule has 1 aliphatic heterocycles. The van der Waals surface area contributed by atoms with Crippen molar-refractivity contribution in [1.82, 2.24) is 20.0 Å². The predicted molar refractivity (Wildman–Crippen MR) is 98.4 cm³/mol. The number of hydrogen-bond acceptors (Lipinski definition) is 3. The highest BCUT2D eigenvalue weighted by molar-refractivity contribution is 14.0. The molecule has 1 heterocycles. The van der Waals surface area contributed by atoms with Crippen LogP contribution in [0.25, 0.3) is 0 Å². The molecule has 22 heavy (non-hydrogen) atoms. The number of likely N-dealkylation sites (N-methyl/N-ethyl adjacent to an activating group) is 2. The van der Waals surface area contributed by atoms with Crippen molar-refractivity contribution in [3.8, 4) is 0 Å². The van der Waals surface area contributed by atoms with Gasteiger partial charge in [-0.3, -0.25) is 9.59 Å². The maximum Gasteiger partial charge on any atom is 0.243 e. The summed E-state index contributed by atoms with van der Waals surface area (Å²) in [4.78, 5) is 33.1. The minimum absolute atomic E-state index is 0. The van der Waals surface area contributed by atoms with E-state index in [1.165, 1.54) is 4.90 Å². The van der Waals surface area contributed by atoms with E-state index in [4.69, 9.17) is 0 Å². The average Bonchev–Trinajstić information content (AvgIpc) is 2.46. The fourth-order valence-corrected chi connectivity index (χ4v) is 1.94. The van der Waals surface area contributed by atoms with Gasteiger partial charge in [-0.2, -0.15) is 0 Å². The fourth-order valence-electron chi connectivity index (χ4n) is 1.94. The Balaban J connectivity index is 0.00000441. The molecular formula is C14H26IN5O2. The molecule has 1 rings (SSSR count). The second-order valence-electron chi connectivity index (χ2n) is 4.99. The third-order valence-electron chi connectivity index (χ3n) is 3.27. The van der Waals surface area contributed by atoms with Crippen LogP contribution in [0.1, 0.15) is 6.92 Å². The minimum atomic E-state index is -0.0774. The molecule has 0 spiro atoms. The molecule has 1 N–H and O–H groups in total. The first kappa shape index (κ1) is 20.7. The summed E-state index contributed by atoms with van der Waals surface area (Å²) in [5.41, 5.74) is 0. The van der Waals surface area contributed by atoms with Crippen LogP contribution in [-0.2, 0) is 9.59 Å². The van der Waals surface area contributed by atoms with Crippen molar-refractivity contribution in [2.75, 3.05) is 53.4 Å². The number of piperazine rings is 1. The maximum atomic E-state index is 12.0. The molecule has 7 nitrogen and oxygen atoms in total. The summed E-state index contributed by atoms with van der Waals surface area (Å²) in [7, 11) is 3.39. The molecule has 126 valence electrons. The zero-order chi connectivity index (χ0) is 15.8. The van der Waals surface area contributed by atoms with E-state index in [0.29, 0.717) is 25.6 Å². The summed E-state index contributed by atoms with van der Waals surface area (Å²) >= 11 is 0. The highest BCUT2D eigenvalue weighted by Crippen LogP contribution is 2.03. The number of carbonyl (C=O) groups is 2. The molecule has 0 radical (unpaired) electrons. The number of aliphatic imine (C=N–C) groups is 1. The first-order valence-electron chi connectivity index (χ1n) is 7.11. The van der Waals surface area contributed by atoms with E-state index in [1.54, 1.807) is 20.2 Å². The van der Waals surface area contributed by atoms with Crippen molar-refractivity contribution in [1.29, 1.82) is 0 Å². The van der Waals surface area contributed by atoms with Crippen molar-refractivity contribution in [3.05, 3.63) is 12.7 Å². The van der Waals surface area contributed by atoms with Gasteiger partial charge in [0.2, 0.25) is 11.8 Å². The molecule has 1 fully saturated rings. The number of guanidine groups is 1. The van der Waals surface area contributed by atoms with Crippen molar-refractivity contribution in [2.24, 2.45) is 4.99 Å². The molecular weight excluding hydrogens is 397 g/mol. The molecule has 1 aliphatic rings. The number of hydrogen-bond donors (Lipinski definition) is 1. The van der Waals surface area contributed by atoms with Gasteiger partial charge in [0.15, 0.2) is 5.96 Å². The number of amides is 2. The van der Waals surface area contributed by atoms with Gasteiger partial charge in [-0.15, -0.1) is 30.6 Å². The Morgan fingerprint density at radius 2 is 2.14 bits per heavy atom. The zero-order valence-corrected chi connectivity index (χ0v) is 15.9. The van der Waals surface area contributed by atoms with Crippen molar-refractivity contribution >= 4 is 41.8 Å². The number of nitrogens with zero attached hydrogens (tertiary/aromatic N) is 4. The summed E-state index contributed by atoms with van der Waals surface area (Å²) in [5, 5.41) is 3.10. The van der Waals surface area contributed by atoms with Crippen LogP contribution in [0.2, 0.25) is 0 Å². The number of nitrogens with one attached hydrogen (secondary N) is 1. The second kappa shape index (κ2) is 10.4. The minimum Gasteiger partial charge on any atom is -0.353 e. The maximum absolute atomic E-state index is 12.0. The lowest BCUT2D eigenvalue weighted by Crippen LogP contribution is -2.55. The van der Waals surface area contributed by atoms with E-state index in [-0.39, 0.29) is 48.9 Å². The van der Waals surface area contributed by atoms with Gasteiger partial charge in [0, 0.05) is 40.3 Å². The largest absolute Gasteiger partial charge is 0.353 e. The second-order valence-corrected chi connectivity index (χ2v) is 4.99. The molecule has 0 aromatic carbocycles. The summed E-state index contributed by atoms with van der Waals surface area (Å²) < 4.78 is 0. The van der Waals surface area contributed by atoms with Crippen molar-refractivity contribution in [3.63, 3.8) is 0 Å².